The molecular weight excluding hydrogens is 1040 g/mol. The summed E-state index contributed by atoms with van der Waals surface area (Å²) in [6.07, 6.45) is -2.57. The first-order chi connectivity index (χ1) is 39.4. The minimum atomic E-state index is -2.30. The minimum Gasteiger partial charge on any atom is -0.491 e. The number of carbonyl (C=O) groups is 6. The van der Waals surface area contributed by atoms with Crippen LogP contribution in [0.5, 0.6) is 5.75 Å². The molecule has 3 saturated heterocycles. The molecule has 3 fully saturated rings. The maximum absolute atomic E-state index is 16.8. The monoisotopic (exact) mass is 1100 g/mol. The van der Waals surface area contributed by atoms with Crippen molar-refractivity contribution >= 4 is 58.6 Å². The van der Waals surface area contributed by atoms with Gasteiger partial charge in [-0.25, -0.2) is 9.69 Å². The lowest BCUT2D eigenvalue weighted by Gasteiger charge is -2.46. The van der Waals surface area contributed by atoms with E-state index in [1.165, 1.54) is 36.4 Å². The van der Waals surface area contributed by atoms with Crippen molar-refractivity contribution in [2.45, 2.75) is 42.7 Å². The topological polar surface area (TPSA) is 243 Å². The highest BCUT2D eigenvalue weighted by Gasteiger charge is 2.76. The number of benzene rings is 6. The molecule has 0 bridgehead atoms. The smallest absolute Gasteiger partial charge is 0.421 e. The zero-order chi connectivity index (χ0) is 56.8. The number of carbonyl (C=O) groups excluding carboxylic acids is 6. The van der Waals surface area contributed by atoms with Crippen molar-refractivity contribution in [2.24, 2.45) is 11.8 Å². The number of nitro benzene ring substituents is 1. The number of imide groups is 1. The Hall–Kier alpha value is -9.42. The Kier molecular flexibility index (Phi) is 16.2. The maximum atomic E-state index is 16.8. The number of non-ortho nitro benzene ring substituents is 1. The van der Waals surface area contributed by atoms with Gasteiger partial charge in [-0.15, -0.1) is 0 Å². The second-order valence-corrected chi connectivity index (χ2v) is 19.5. The Morgan fingerprint density at radius 3 is 2.12 bits per heavy atom. The molecule has 81 heavy (non-hydrogen) atoms. The first-order valence-corrected chi connectivity index (χ1v) is 26.1. The number of fused-ring (bicyclic) bond motifs is 3. The number of aliphatic hydroxyl groups is 1. The van der Waals surface area contributed by atoms with Gasteiger partial charge in [-0.05, 0) is 94.5 Å². The molecule has 6 aromatic rings. The highest BCUT2D eigenvalue weighted by Crippen LogP contribution is 2.66. The molecule has 20 heteroatoms. The van der Waals surface area contributed by atoms with Crippen LogP contribution in [0.15, 0.2) is 152 Å². The Labute approximate surface area is 465 Å². The molecule has 0 saturated carbocycles. The average Bonchev–Trinajstić information content (AvgIpc) is 2.46. The second kappa shape index (κ2) is 23.9. The van der Waals surface area contributed by atoms with Crippen LogP contribution >= 0.6 is 0 Å². The van der Waals surface area contributed by atoms with E-state index in [1.807, 2.05) is 65.6 Å². The molecular formula is C61H55N5O15. The number of methoxy groups -OCH3 is 2. The SMILES string of the molecule is COC(=O)C(CC#Cc1ccc2c(c1)[C@]1(C(=O)N2C(=O)OCc2ccc([N+](=O)[O-])cc2)[C@H](C(=O)Nc2ccc(N3CCOCC3)cc2)[C@H]2C(=O)O[C@H](c3ccccc3)[C@H](c3ccccc3)N2[C@@H]1c1cccc(OCCO)c1)C(=O)OC. The number of nitrogens with one attached hydrogen (secondary N) is 1. The van der Waals surface area contributed by atoms with Crippen molar-refractivity contribution in [1.82, 2.24) is 4.90 Å². The van der Waals surface area contributed by atoms with Crippen LogP contribution in [0.3, 0.4) is 0 Å². The van der Waals surface area contributed by atoms with Crippen LogP contribution in [-0.2, 0) is 59.7 Å². The maximum Gasteiger partial charge on any atom is 0.421 e. The van der Waals surface area contributed by atoms with Gasteiger partial charge in [-0.1, -0.05) is 84.6 Å². The van der Waals surface area contributed by atoms with E-state index in [2.05, 4.69) is 22.1 Å². The first kappa shape index (κ1) is 54.9. The highest BCUT2D eigenvalue weighted by atomic mass is 16.6. The number of amides is 3. The number of anilines is 3. The van der Waals surface area contributed by atoms with Gasteiger partial charge < -0.3 is 43.7 Å². The molecule has 0 aromatic heterocycles. The summed E-state index contributed by atoms with van der Waals surface area (Å²) in [4.78, 5) is 105. The van der Waals surface area contributed by atoms with Gasteiger partial charge in [0, 0.05) is 48.6 Å². The number of rotatable bonds is 15. The fraction of sp³-hybridized carbons (Fsp3) is 0.279. The van der Waals surface area contributed by atoms with Gasteiger partial charge in [0.1, 0.15) is 36.5 Å². The fourth-order valence-corrected chi connectivity index (χ4v) is 11.4. The number of ether oxygens (including phenoxy) is 6. The molecule has 20 nitrogen and oxygen atoms in total. The second-order valence-electron chi connectivity index (χ2n) is 19.5. The molecule has 414 valence electrons. The molecule has 0 unspecified atom stereocenters. The standard InChI is InChI=1S/C61H55N5O15/c1-76-56(69)47(57(70)77-2)18-9-11-38-21-28-49-48(35-38)61(59(72)64(49)60(73)80-37-39-19-24-45(25-20-39)66(74)75)50(55(68)62-43-22-26-44(27-23-43)63-29-32-78-33-30-63)52-58(71)81-53(41-14-7-4-8-15-41)51(40-12-5-3-6-13-40)65(52)54(61)42-16-10-17-46(36-42)79-34-31-67/h3-8,10,12-17,19-28,35-36,47,50-54,67H,18,29-34,37H2,1-2H3,(H,62,68)/t50-,51-,52-,53+,54+,61-/m0/s1. The van der Waals surface area contributed by atoms with E-state index in [0.29, 0.717) is 54.2 Å². The van der Waals surface area contributed by atoms with Crippen molar-refractivity contribution in [3.63, 3.8) is 0 Å². The van der Waals surface area contributed by atoms with Crippen molar-refractivity contribution < 1.29 is 67.2 Å². The summed E-state index contributed by atoms with van der Waals surface area (Å²) in [6, 6.07) is 38.1. The van der Waals surface area contributed by atoms with E-state index in [9.17, 15) is 24.8 Å². The van der Waals surface area contributed by atoms with E-state index >= 15 is 19.2 Å². The molecule has 4 aliphatic heterocycles. The molecule has 1 spiro atoms. The molecule has 4 heterocycles. The molecule has 0 aliphatic carbocycles. The lowest BCUT2D eigenvalue weighted by Crippen LogP contribution is -2.54. The zero-order valence-electron chi connectivity index (χ0n) is 44.0. The van der Waals surface area contributed by atoms with Gasteiger partial charge in [0.25, 0.3) is 5.69 Å². The van der Waals surface area contributed by atoms with E-state index in [4.69, 9.17) is 28.4 Å². The van der Waals surface area contributed by atoms with E-state index in [1.54, 1.807) is 54.6 Å². The van der Waals surface area contributed by atoms with Crippen LogP contribution < -0.4 is 19.9 Å². The number of cyclic esters (lactones) is 1. The number of nitro groups is 1. The Morgan fingerprint density at radius 2 is 1.47 bits per heavy atom. The third-order valence-electron chi connectivity index (χ3n) is 15.0. The van der Waals surface area contributed by atoms with Crippen LogP contribution in [0.25, 0.3) is 0 Å². The Balaban J connectivity index is 1.22. The van der Waals surface area contributed by atoms with Gasteiger partial charge >= 0.3 is 24.0 Å². The normalized spacial score (nSPS) is 21.0. The van der Waals surface area contributed by atoms with Gasteiger partial charge in [0.15, 0.2) is 5.92 Å². The summed E-state index contributed by atoms with van der Waals surface area (Å²) in [5, 5.41) is 24.5. The van der Waals surface area contributed by atoms with Crippen molar-refractivity contribution in [3.8, 4) is 17.6 Å². The van der Waals surface area contributed by atoms with Crippen LogP contribution in [0.1, 0.15) is 58.0 Å². The average molecular weight is 1100 g/mol. The van der Waals surface area contributed by atoms with Crippen LogP contribution in [0.4, 0.5) is 27.5 Å². The molecule has 2 N–H and O–H groups in total. The largest absolute Gasteiger partial charge is 0.491 e. The molecule has 10 rings (SSSR count). The Bertz CT molecular complexity index is 3400. The highest BCUT2D eigenvalue weighted by molar-refractivity contribution is 6.24. The number of esters is 3. The van der Waals surface area contributed by atoms with Gasteiger partial charge in [0.2, 0.25) is 11.8 Å². The zero-order valence-corrected chi connectivity index (χ0v) is 44.0. The first-order valence-electron chi connectivity index (χ1n) is 26.1. The molecule has 6 aromatic carbocycles. The predicted molar refractivity (Wildman–Crippen MR) is 291 cm³/mol. The van der Waals surface area contributed by atoms with E-state index in [-0.39, 0.29) is 47.9 Å². The number of hydrogen-bond donors (Lipinski definition) is 2. The summed E-state index contributed by atoms with van der Waals surface area (Å²) in [5.41, 5.74) is 0.909. The summed E-state index contributed by atoms with van der Waals surface area (Å²) in [5.74, 6) is -1.39. The summed E-state index contributed by atoms with van der Waals surface area (Å²) in [6.45, 7) is 1.48. The lowest BCUT2D eigenvalue weighted by atomic mass is 9.65. The summed E-state index contributed by atoms with van der Waals surface area (Å²) >= 11 is 0. The van der Waals surface area contributed by atoms with E-state index < -0.39 is 88.8 Å². The number of aliphatic hydroxyl groups excluding tert-OH is 1. The van der Waals surface area contributed by atoms with Gasteiger partial charge in [0.05, 0.1) is 62.7 Å². The van der Waals surface area contributed by atoms with Crippen molar-refractivity contribution in [3.05, 3.63) is 195 Å². The quantitative estimate of drug-likeness (QED) is 0.0259. The van der Waals surface area contributed by atoms with Crippen LogP contribution in [0, 0.1) is 33.8 Å². The van der Waals surface area contributed by atoms with Crippen molar-refractivity contribution in [2.75, 3.05) is 68.9 Å². The van der Waals surface area contributed by atoms with Crippen LogP contribution in [0.2, 0.25) is 0 Å². The molecule has 4 aliphatic rings. The summed E-state index contributed by atoms with van der Waals surface area (Å²) < 4.78 is 33.8. The number of morpholine rings is 2. The van der Waals surface area contributed by atoms with Gasteiger partial charge in [-0.2, -0.15) is 0 Å². The van der Waals surface area contributed by atoms with Crippen molar-refractivity contribution in [1.29, 1.82) is 0 Å². The number of hydrogen-bond acceptors (Lipinski definition) is 17. The van der Waals surface area contributed by atoms with Crippen LogP contribution in [-0.4, -0.2) is 111 Å². The molecule has 3 amide bonds. The molecule has 0 radical (unpaired) electrons. The minimum absolute atomic E-state index is 0.0318. The third-order valence-corrected chi connectivity index (χ3v) is 15.0. The molecule has 6 atom stereocenters. The number of nitrogens with zero attached hydrogens (tertiary/aromatic N) is 4. The Morgan fingerprint density at radius 1 is 0.802 bits per heavy atom. The fourth-order valence-electron chi connectivity index (χ4n) is 11.4. The lowest BCUT2D eigenvalue weighted by molar-refractivity contribution is -0.384. The predicted octanol–water partition coefficient (Wildman–Crippen LogP) is 7.15. The van der Waals surface area contributed by atoms with E-state index in [0.717, 1.165) is 24.8 Å². The van der Waals surface area contributed by atoms with Gasteiger partial charge in [-0.3, -0.25) is 39.0 Å². The third kappa shape index (κ3) is 10.6. The summed E-state index contributed by atoms with van der Waals surface area (Å²) in [7, 11) is 2.25.